The van der Waals surface area contributed by atoms with Crippen LogP contribution in [0.25, 0.3) is 84.5 Å². The minimum atomic E-state index is 1.12. The van der Waals surface area contributed by atoms with Gasteiger partial charge in [-0.2, -0.15) is 0 Å². The zero-order valence-electron chi connectivity index (χ0n) is 29.8. The fraction of sp³-hybridized carbons (Fsp3) is 0. The van der Waals surface area contributed by atoms with Crippen molar-refractivity contribution in [1.29, 1.82) is 0 Å². The van der Waals surface area contributed by atoms with E-state index in [2.05, 4.69) is 205 Å². The predicted molar refractivity (Wildman–Crippen MR) is 241 cm³/mol. The molecule has 11 rings (SSSR count). The van der Waals surface area contributed by atoms with E-state index < -0.39 is 0 Å². The van der Waals surface area contributed by atoms with Gasteiger partial charge in [0.25, 0.3) is 0 Å². The molecule has 55 heavy (non-hydrogen) atoms. The smallest absolute Gasteiger partial charge is 0.0640 e. The molecule has 0 aliphatic rings. The second kappa shape index (κ2) is 13.1. The van der Waals surface area contributed by atoms with E-state index in [0.29, 0.717) is 0 Å². The SMILES string of the molecule is c1ccc(-c2ccc(N(c3ccc(-c4ccc(-c5ccc6sc7ccccc7c6c5)c5ccccc45)cc3)c3cccc4c3sc3ccccc34)cc2)cc1. The van der Waals surface area contributed by atoms with Crippen molar-refractivity contribution in [1.82, 2.24) is 0 Å². The van der Waals surface area contributed by atoms with Crippen molar-refractivity contribution in [2.45, 2.75) is 0 Å². The summed E-state index contributed by atoms with van der Waals surface area (Å²) < 4.78 is 5.26. The van der Waals surface area contributed by atoms with Gasteiger partial charge in [0.1, 0.15) is 0 Å². The van der Waals surface area contributed by atoms with E-state index in [0.717, 1.165) is 11.4 Å². The Morgan fingerprint density at radius 1 is 0.291 bits per heavy atom. The highest BCUT2D eigenvalue weighted by Crippen LogP contribution is 2.46. The molecule has 0 atom stereocenters. The fourth-order valence-electron chi connectivity index (χ4n) is 8.26. The van der Waals surface area contributed by atoms with Gasteiger partial charge in [0.2, 0.25) is 0 Å². The summed E-state index contributed by atoms with van der Waals surface area (Å²) in [5.74, 6) is 0. The molecular formula is C52H33NS2. The van der Waals surface area contributed by atoms with Gasteiger partial charge in [0, 0.05) is 47.0 Å². The van der Waals surface area contributed by atoms with Crippen molar-refractivity contribution in [3.63, 3.8) is 0 Å². The lowest BCUT2D eigenvalue weighted by molar-refractivity contribution is 1.30. The molecule has 1 nitrogen and oxygen atoms in total. The Labute approximate surface area is 327 Å². The second-order valence-corrected chi connectivity index (χ2v) is 16.2. The van der Waals surface area contributed by atoms with Crippen molar-refractivity contribution in [3.8, 4) is 33.4 Å². The standard InChI is InChI=1S/C52H33NS2/c1-2-11-34(12-3-1)35-21-26-38(27-22-35)53(48-18-10-17-46-44-15-6-9-20-50(44)55-52(46)48)39-28-23-36(24-29-39)40-30-31-41(43-14-5-4-13-42(40)43)37-25-32-51-47(33-37)45-16-7-8-19-49(45)54-51/h1-33H. The molecule has 0 aliphatic heterocycles. The van der Waals surface area contributed by atoms with Crippen LogP contribution in [0.2, 0.25) is 0 Å². The maximum Gasteiger partial charge on any atom is 0.0640 e. The average Bonchev–Trinajstić information content (AvgIpc) is 3.83. The summed E-state index contributed by atoms with van der Waals surface area (Å²) in [6.45, 7) is 0. The van der Waals surface area contributed by atoms with Crippen LogP contribution < -0.4 is 4.90 Å². The predicted octanol–water partition coefficient (Wildman–Crippen LogP) is 16.0. The first-order chi connectivity index (χ1) is 27.3. The Morgan fingerprint density at radius 3 is 1.47 bits per heavy atom. The number of anilines is 3. The number of thiophene rings is 2. The normalized spacial score (nSPS) is 11.6. The molecule has 2 heterocycles. The summed E-state index contributed by atoms with van der Waals surface area (Å²) in [4.78, 5) is 2.42. The van der Waals surface area contributed by atoms with Gasteiger partial charge in [-0.25, -0.2) is 0 Å². The van der Waals surface area contributed by atoms with Crippen molar-refractivity contribution < 1.29 is 0 Å². The van der Waals surface area contributed by atoms with Gasteiger partial charge in [-0.1, -0.05) is 146 Å². The van der Waals surface area contributed by atoms with Crippen LogP contribution in [0.3, 0.4) is 0 Å². The summed E-state index contributed by atoms with van der Waals surface area (Å²) >= 11 is 3.73. The van der Waals surface area contributed by atoms with Crippen molar-refractivity contribution in [2.75, 3.05) is 4.90 Å². The lowest BCUT2D eigenvalue weighted by atomic mass is 9.91. The van der Waals surface area contributed by atoms with Gasteiger partial charge in [-0.05, 0) is 98.8 Å². The van der Waals surface area contributed by atoms with Crippen LogP contribution in [0.15, 0.2) is 200 Å². The maximum atomic E-state index is 2.42. The maximum absolute atomic E-state index is 2.42. The molecule has 0 N–H and O–H groups in total. The molecule has 0 saturated heterocycles. The van der Waals surface area contributed by atoms with E-state index in [-0.39, 0.29) is 0 Å². The lowest BCUT2D eigenvalue weighted by Gasteiger charge is -2.26. The molecule has 0 amide bonds. The quantitative estimate of drug-likeness (QED) is 0.164. The van der Waals surface area contributed by atoms with Crippen LogP contribution in [0.1, 0.15) is 0 Å². The molecule has 2 aromatic heterocycles. The van der Waals surface area contributed by atoms with Gasteiger partial charge in [0.15, 0.2) is 0 Å². The fourth-order valence-corrected chi connectivity index (χ4v) is 10.5. The first-order valence-corrected chi connectivity index (χ1v) is 20.3. The molecule has 0 saturated carbocycles. The molecule has 0 bridgehead atoms. The number of rotatable bonds is 6. The van der Waals surface area contributed by atoms with E-state index in [1.165, 1.54) is 90.2 Å². The van der Waals surface area contributed by atoms with E-state index >= 15 is 0 Å². The van der Waals surface area contributed by atoms with E-state index in [4.69, 9.17) is 0 Å². The minimum Gasteiger partial charge on any atom is -0.309 e. The van der Waals surface area contributed by atoms with Crippen molar-refractivity contribution in [3.05, 3.63) is 200 Å². The summed E-state index contributed by atoms with van der Waals surface area (Å²) in [7, 11) is 0. The number of fused-ring (bicyclic) bond motifs is 7. The Balaban J connectivity index is 1.02. The van der Waals surface area contributed by atoms with E-state index in [1.807, 2.05) is 22.7 Å². The molecule has 9 aromatic carbocycles. The Hall–Kier alpha value is -6.52. The molecule has 0 unspecified atom stereocenters. The van der Waals surface area contributed by atoms with Gasteiger partial charge in [-0.15, -0.1) is 22.7 Å². The summed E-state index contributed by atoms with van der Waals surface area (Å²) in [5.41, 5.74) is 10.8. The Morgan fingerprint density at radius 2 is 0.782 bits per heavy atom. The van der Waals surface area contributed by atoms with Crippen LogP contribution in [-0.2, 0) is 0 Å². The van der Waals surface area contributed by atoms with Crippen LogP contribution in [0.4, 0.5) is 17.1 Å². The summed E-state index contributed by atoms with van der Waals surface area (Å²) in [6.07, 6.45) is 0. The van der Waals surface area contributed by atoms with Crippen LogP contribution in [-0.4, -0.2) is 0 Å². The van der Waals surface area contributed by atoms with Gasteiger partial charge >= 0.3 is 0 Å². The number of nitrogens with zero attached hydrogens (tertiary/aromatic N) is 1. The average molecular weight is 736 g/mol. The van der Waals surface area contributed by atoms with Gasteiger partial charge < -0.3 is 4.90 Å². The molecular weight excluding hydrogens is 703 g/mol. The zero-order valence-corrected chi connectivity index (χ0v) is 31.4. The topological polar surface area (TPSA) is 3.24 Å². The van der Waals surface area contributed by atoms with Crippen molar-refractivity contribution >= 4 is 90.9 Å². The number of hydrogen-bond donors (Lipinski definition) is 0. The third-order valence-corrected chi connectivity index (χ3v) is 13.3. The Bertz CT molecular complexity index is 3190. The molecule has 0 fully saturated rings. The summed E-state index contributed by atoms with van der Waals surface area (Å²) in [5, 5.41) is 7.77. The number of benzene rings is 9. The highest BCUT2D eigenvalue weighted by atomic mass is 32.1. The molecule has 258 valence electrons. The van der Waals surface area contributed by atoms with Crippen LogP contribution in [0, 0.1) is 0 Å². The molecule has 0 spiro atoms. The second-order valence-electron chi connectivity index (χ2n) is 14.1. The third-order valence-electron chi connectivity index (χ3n) is 10.9. The molecule has 3 heteroatoms. The third kappa shape index (κ3) is 5.43. The number of hydrogen-bond acceptors (Lipinski definition) is 3. The summed E-state index contributed by atoms with van der Waals surface area (Å²) in [6, 6.07) is 73.4. The Kier molecular flexibility index (Phi) is 7.61. The molecule has 0 radical (unpaired) electrons. The largest absolute Gasteiger partial charge is 0.309 e. The monoisotopic (exact) mass is 735 g/mol. The lowest BCUT2D eigenvalue weighted by Crippen LogP contribution is -2.10. The first-order valence-electron chi connectivity index (χ1n) is 18.7. The van der Waals surface area contributed by atoms with Gasteiger partial charge in [-0.3, -0.25) is 0 Å². The minimum absolute atomic E-state index is 1.12. The highest BCUT2D eigenvalue weighted by Gasteiger charge is 2.19. The molecule has 11 aromatic rings. The van der Waals surface area contributed by atoms with Crippen LogP contribution in [0.5, 0.6) is 0 Å². The zero-order chi connectivity index (χ0) is 36.3. The highest BCUT2D eigenvalue weighted by molar-refractivity contribution is 7.26. The van der Waals surface area contributed by atoms with Gasteiger partial charge in [0.05, 0.1) is 10.4 Å². The van der Waals surface area contributed by atoms with Crippen molar-refractivity contribution in [2.24, 2.45) is 0 Å². The van der Waals surface area contributed by atoms with Crippen LogP contribution >= 0.6 is 22.7 Å². The first kappa shape index (κ1) is 32.0. The van der Waals surface area contributed by atoms with E-state index in [1.54, 1.807) is 0 Å². The molecule has 0 aliphatic carbocycles. The van der Waals surface area contributed by atoms with E-state index in [9.17, 15) is 0 Å².